The number of ether oxygens (including phenoxy) is 1. The zero-order valence-corrected chi connectivity index (χ0v) is 17.7. The number of fused-ring (bicyclic) bond motifs is 1. The summed E-state index contributed by atoms with van der Waals surface area (Å²) >= 11 is 0. The molecule has 3 aromatic rings. The molecule has 0 atom stereocenters. The molecule has 4 rings (SSSR count). The van der Waals surface area contributed by atoms with Crippen molar-refractivity contribution in [2.75, 3.05) is 20.2 Å². The van der Waals surface area contributed by atoms with Crippen molar-refractivity contribution >= 4 is 17.8 Å². The lowest BCUT2D eigenvalue weighted by Gasteiger charge is -2.21. The Labute approximate surface area is 185 Å². The van der Waals surface area contributed by atoms with Crippen LogP contribution < -0.4 is 5.32 Å². The topological polar surface area (TPSA) is 106 Å². The Kier molecular flexibility index (Phi) is 6.25. The molecule has 1 aliphatic heterocycles. The van der Waals surface area contributed by atoms with Crippen LogP contribution in [0, 0.1) is 0 Å². The Bertz CT molecular complexity index is 1140. The second-order valence-corrected chi connectivity index (χ2v) is 7.31. The van der Waals surface area contributed by atoms with Crippen LogP contribution in [0.5, 0.6) is 0 Å². The zero-order valence-electron chi connectivity index (χ0n) is 17.7. The number of esters is 1. The fourth-order valence-corrected chi connectivity index (χ4v) is 3.70. The number of carbonyl (C=O) groups is 3. The number of amides is 2. The average molecular weight is 433 g/mol. The first-order chi connectivity index (χ1) is 15.6. The highest BCUT2D eigenvalue weighted by atomic mass is 16.5. The Morgan fingerprint density at radius 3 is 2.41 bits per heavy atom. The number of methoxy groups -OCH3 is 1. The Hall–Kier alpha value is -4.01. The van der Waals surface area contributed by atoms with Crippen molar-refractivity contribution in [1.29, 1.82) is 0 Å². The van der Waals surface area contributed by atoms with E-state index in [0.29, 0.717) is 43.0 Å². The average Bonchev–Trinajstić information content (AvgIpc) is 3.11. The normalized spacial score (nSPS) is 13.1. The molecular formula is C23H23N5O4. The molecule has 9 nitrogen and oxygen atoms in total. The van der Waals surface area contributed by atoms with Crippen molar-refractivity contribution in [3.8, 4) is 0 Å². The summed E-state index contributed by atoms with van der Waals surface area (Å²) in [5, 5.41) is 11.3. The molecule has 1 aliphatic rings. The lowest BCUT2D eigenvalue weighted by atomic mass is 10.1. The van der Waals surface area contributed by atoms with Crippen LogP contribution in [0.15, 0.2) is 54.6 Å². The van der Waals surface area contributed by atoms with Crippen LogP contribution >= 0.6 is 0 Å². The van der Waals surface area contributed by atoms with Crippen LogP contribution in [-0.2, 0) is 24.2 Å². The summed E-state index contributed by atoms with van der Waals surface area (Å²) in [5.74, 6) is 0.424. The highest BCUT2D eigenvalue weighted by Gasteiger charge is 2.25. The number of hydrogen-bond acceptors (Lipinski definition) is 6. The third kappa shape index (κ3) is 4.36. The van der Waals surface area contributed by atoms with E-state index in [1.54, 1.807) is 41.3 Å². The van der Waals surface area contributed by atoms with Crippen molar-refractivity contribution in [2.45, 2.75) is 19.5 Å². The summed E-state index contributed by atoms with van der Waals surface area (Å²) < 4.78 is 6.74. The van der Waals surface area contributed by atoms with E-state index in [1.807, 2.05) is 22.8 Å². The summed E-state index contributed by atoms with van der Waals surface area (Å²) in [6, 6.07) is 15.6. The lowest BCUT2D eigenvalue weighted by molar-refractivity contribution is 0.0590. The van der Waals surface area contributed by atoms with Gasteiger partial charge in [0.2, 0.25) is 0 Å². The van der Waals surface area contributed by atoms with Gasteiger partial charge in [0.25, 0.3) is 11.8 Å². The van der Waals surface area contributed by atoms with Crippen molar-refractivity contribution in [3.63, 3.8) is 0 Å². The molecule has 0 saturated heterocycles. The maximum atomic E-state index is 13.1. The van der Waals surface area contributed by atoms with E-state index in [0.717, 1.165) is 5.82 Å². The first-order valence-corrected chi connectivity index (χ1v) is 10.3. The first-order valence-electron chi connectivity index (χ1n) is 10.3. The van der Waals surface area contributed by atoms with Crippen molar-refractivity contribution in [3.05, 3.63) is 82.9 Å². The number of nitrogens with zero attached hydrogens (tertiary/aromatic N) is 4. The van der Waals surface area contributed by atoms with Crippen LogP contribution in [0.1, 0.15) is 42.7 Å². The van der Waals surface area contributed by atoms with Gasteiger partial charge in [0.1, 0.15) is 5.82 Å². The van der Waals surface area contributed by atoms with Crippen molar-refractivity contribution in [2.24, 2.45) is 0 Å². The predicted molar refractivity (Wildman–Crippen MR) is 115 cm³/mol. The molecule has 32 heavy (non-hydrogen) atoms. The lowest BCUT2D eigenvalue weighted by Crippen LogP contribution is -2.35. The number of rotatable bonds is 5. The molecule has 0 radical (unpaired) electrons. The Balaban J connectivity index is 1.44. The fraction of sp³-hybridized carbons (Fsp3) is 0.261. The number of carbonyl (C=O) groups excluding carboxylic acids is 3. The smallest absolute Gasteiger partial charge is 0.338 e. The fourth-order valence-electron chi connectivity index (χ4n) is 3.70. The number of hydrogen-bond donors (Lipinski definition) is 1. The molecule has 0 aliphatic carbocycles. The highest BCUT2D eigenvalue weighted by Crippen LogP contribution is 2.16. The van der Waals surface area contributed by atoms with E-state index in [-0.39, 0.29) is 23.9 Å². The van der Waals surface area contributed by atoms with Gasteiger partial charge in [0.05, 0.1) is 24.8 Å². The summed E-state index contributed by atoms with van der Waals surface area (Å²) in [6.07, 6.45) is 0.520. The molecule has 0 fully saturated rings. The van der Waals surface area contributed by atoms with E-state index >= 15 is 0 Å². The third-order valence-corrected chi connectivity index (χ3v) is 5.40. The molecule has 2 amide bonds. The Morgan fingerprint density at radius 1 is 0.938 bits per heavy atom. The van der Waals surface area contributed by atoms with Gasteiger partial charge in [-0.15, -0.1) is 10.2 Å². The number of aromatic nitrogens is 3. The maximum absolute atomic E-state index is 13.1. The molecule has 0 unspecified atom stereocenters. The minimum absolute atomic E-state index is 0.187. The van der Waals surface area contributed by atoms with Crippen LogP contribution in [0.4, 0.5) is 0 Å². The molecule has 0 bridgehead atoms. The second kappa shape index (κ2) is 9.42. The minimum Gasteiger partial charge on any atom is -0.465 e. The van der Waals surface area contributed by atoms with Crippen LogP contribution in [0.25, 0.3) is 0 Å². The molecule has 9 heteroatoms. The molecule has 164 valence electrons. The van der Waals surface area contributed by atoms with Gasteiger partial charge < -0.3 is 19.5 Å². The quantitative estimate of drug-likeness (QED) is 0.614. The van der Waals surface area contributed by atoms with Crippen molar-refractivity contribution < 1.29 is 19.1 Å². The molecular weight excluding hydrogens is 410 g/mol. The molecule has 2 heterocycles. The van der Waals surface area contributed by atoms with Gasteiger partial charge in [-0.25, -0.2) is 4.79 Å². The molecule has 0 spiro atoms. The standard InChI is InChI=1S/C23H23N5O4/c1-32-23(31)18-10-6-5-9-17(18)22(30)27-12-11-19-25-26-20(28(19)14-13-27)15-24-21(29)16-7-3-2-4-8-16/h2-10H,11-15H2,1H3,(H,24,29). The van der Waals surface area contributed by atoms with E-state index in [1.165, 1.54) is 7.11 Å². The van der Waals surface area contributed by atoms with Gasteiger partial charge in [0, 0.05) is 31.6 Å². The minimum atomic E-state index is -0.544. The number of benzene rings is 2. The highest BCUT2D eigenvalue weighted by molar-refractivity contribution is 6.05. The maximum Gasteiger partial charge on any atom is 0.338 e. The van der Waals surface area contributed by atoms with E-state index in [9.17, 15) is 14.4 Å². The number of nitrogens with one attached hydrogen (secondary N) is 1. The second-order valence-electron chi connectivity index (χ2n) is 7.31. The molecule has 1 N–H and O–H groups in total. The largest absolute Gasteiger partial charge is 0.465 e. The van der Waals surface area contributed by atoms with Gasteiger partial charge in [-0.2, -0.15) is 0 Å². The van der Waals surface area contributed by atoms with E-state index in [4.69, 9.17) is 4.74 Å². The Morgan fingerprint density at radius 2 is 1.66 bits per heavy atom. The summed E-state index contributed by atoms with van der Waals surface area (Å²) in [4.78, 5) is 39.2. The van der Waals surface area contributed by atoms with Crippen molar-refractivity contribution in [1.82, 2.24) is 25.0 Å². The van der Waals surface area contributed by atoms with Crippen LogP contribution in [0.3, 0.4) is 0 Å². The van der Waals surface area contributed by atoms with Gasteiger partial charge in [-0.1, -0.05) is 30.3 Å². The summed E-state index contributed by atoms with van der Waals surface area (Å²) in [5.41, 5.74) is 1.13. The first kappa shape index (κ1) is 21.2. The van der Waals surface area contributed by atoms with Gasteiger partial charge in [-0.3, -0.25) is 9.59 Å². The third-order valence-electron chi connectivity index (χ3n) is 5.40. The van der Waals surface area contributed by atoms with Crippen LogP contribution in [0.2, 0.25) is 0 Å². The van der Waals surface area contributed by atoms with Crippen LogP contribution in [-0.4, -0.2) is 57.6 Å². The summed E-state index contributed by atoms with van der Waals surface area (Å²) in [7, 11) is 1.29. The van der Waals surface area contributed by atoms with E-state index in [2.05, 4.69) is 15.5 Å². The molecule has 1 aromatic heterocycles. The predicted octanol–water partition coefficient (Wildman–Crippen LogP) is 1.69. The molecule has 0 saturated carbocycles. The van der Waals surface area contributed by atoms with E-state index < -0.39 is 5.97 Å². The van der Waals surface area contributed by atoms with Gasteiger partial charge >= 0.3 is 5.97 Å². The van der Waals surface area contributed by atoms with Gasteiger partial charge in [0.15, 0.2) is 5.82 Å². The SMILES string of the molecule is COC(=O)c1ccccc1C(=O)N1CCc2nnc(CNC(=O)c3ccccc3)n2CC1. The zero-order chi connectivity index (χ0) is 22.5. The monoisotopic (exact) mass is 433 g/mol. The summed E-state index contributed by atoms with van der Waals surface area (Å²) in [6.45, 7) is 1.60. The van der Waals surface area contributed by atoms with Gasteiger partial charge in [-0.05, 0) is 24.3 Å². The molecule has 2 aromatic carbocycles.